The smallest absolute Gasteiger partial charge is 0.410 e. The zero-order valence-electron chi connectivity index (χ0n) is 13.6. The van der Waals surface area contributed by atoms with Gasteiger partial charge in [0, 0.05) is 25.4 Å². The molecule has 0 aromatic heterocycles. The standard InChI is InChI=1S/C16H29NO3/c1-12(2)14(18)7-6-13-8-10-17(11-9-13)15(19)20-16(3,4)5/h12-13H,6-11H2,1-5H3. The number of rotatable bonds is 4. The van der Waals surface area contributed by atoms with Crippen LogP contribution in [-0.4, -0.2) is 35.5 Å². The Bertz CT molecular complexity index is 336. The Kier molecular flexibility index (Phi) is 6.03. The summed E-state index contributed by atoms with van der Waals surface area (Å²) in [4.78, 5) is 25.3. The molecular weight excluding hydrogens is 254 g/mol. The lowest BCUT2D eigenvalue weighted by molar-refractivity contribution is -0.122. The van der Waals surface area contributed by atoms with E-state index in [1.165, 1.54) is 0 Å². The van der Waals surface area contributed by atoms with Crippen LogP contribution in [0.5, 0.6) is 0 Å². The lowest BCUT2D eigenvalue weighted by Crippen LogP contribution is -2.41. The van der Waals surface area contributed by atoms with Crippen molar-refractivity contribution >= 4 is 11.9 Å². The molecule has 1 saturated heterocycles. The monoisotopic (exact) mass is 283 g/mol. The van der Waals surface area contributed by atoms with E-state index in [9.17, 15) is 9.59 Å². The first-order chi connectivity index (χ1) is 9.19. The molecule has 1 fully saturated rings. The molecule has 0 atom stereocenters. The number of nitrogens with zero attached hydrogens (tertiary/aromatic N) is 1. The Balaban J connectivity index is 2.30. The highest BCUT2D eigenvalue weighted by atomic mass is 16.6. The summed E-state index contributed by atoms with van der Waals surface area (Å²) in [6.07, 6.45) is 3.37. The van der Waals surface area contributed by atoms with Crippen LogP contribution in [0.4, 0.5) is 4.79 Å². The summed E-state index contributed by atoms with van der Waals surface area (Å²) in [7, 11) is 0. The van der Waals surface area contributed by atoms with Crippen molar-refractivity contribution in [3.63, 3.8) is 0 Å². The second-order valence-corrected chi connectivity index (χ2v) is 7.07. The van der Waals surface area contributed by atoms with Gasteiger partial charge < -0.3 is 9.64 Å². The van der Waals surface area contributed by atoms with E-state index < -0.39 is 5.60 Å². The fourth-order valence-electron chi connectivity index (χ4n) is 2.37. The summed E-state index contributed by atoms with van der Waals surface area (Å²) in [6.45, 7) is 11.0. The number of carbonyl (C=O) groups is 2. The normalized spacial score (nSPS) is 17.4. The van der Waals surface area contributed by atoms with Gasteiger partial charge in [0.1, 0.15) is 11.4 Å². The third-order valence-electron chi connectivity index (χ3n) is 3.71. The fraction of sp³-hybridized carbons (Fsp3) is 0.875. The molecule has 4 heteroatoms. The van der Waals surface area contributed by atoms with Crippen LogP contribution in [0, 0.1) is 11.8 Å². The minimum absolute atomic E-state index is 0.136. The summed E-state index contributed by atoms with van der Waals surface area (Å²) in [5, 5.41) is 0. The Labute approximate surface area is 122 Å². The van der Waals surface area contributed by atoms with Crippen LogP contribution in [0.3, 0.4) is 0 Å². The SMILES string of the molecule is CC(C)C(=O)CCC1CCN(C(=O)OC(C)(C)C)CC1. The maximum atomic E-state index is 11.9. The average Bonchev–Trinajstić information content (AvgIpc) is 2.34. The van der Waals surface area contributed by atoms with E-state index in [-0.39, 0.29) is 12.0 Å². The van der Waals surface area contributed by atoms with Gasteiger partial charge in [-0.05, 0) is 46.0 Å². The molecule has 0 radical (unpaired) electrons. The number of ether oxygens (including phenoxy) is 1. The highest BCUT2D eigenvalue weighted by molar-refractivity contribution is 5.80. The largest absolute Gasteiger partial charge is 0.444 e. The van der Waals surface area contributed by atoms with Crippen LogP contribution >= 0.6 is 0 Å². The predicted molar refractivity (Wildman–Crippen MR) is 79.6 cm³/mol. The van der Waals surface area contributed by atoms with Crippen LogP contribution in [-0.2, 0) is 9.53 Å². The number of ketones is 1. The Hall–Kier alpha value is -1.06. The van der Waals surface area contributed by atoms with Crippen molar-refractivity contribution in [2.45, 2.75) is 65.9 Å². The number of Topliss-reactive ketones (excluding diaryl/α,β-unsaturated/α-hetero) is 1. The third-order valence-corrected chi connectivity index (χ3v) is 3.71. The molecule has 20 heavy (non-hydrogen) atoms. The molecule has 1 aliphatic heterocycles. The number of likely N-dealkylation sites (tertiary alicyclic amines) is 1. The first-order valence-electron chi connectivity index (χ1n) is 7.69. The topological polar surface area (TPSA) is 46.6 Å². The first-order valence-corrected chi connectivity index (χ1v) is 7.69. The number of hydrogen-bond acceptors (Lipinski definition) is 3. The van der Waals surface area contributed by atoms with E-state index in [1.54, 1.807) is 4.90 Å². The van der Waals surface area contributed by atoms with Crippen LogP contribution in [0.25, 0.3) is 0 Å². The van der Waals surface area contributed by atoms with Gasteiger partial charge in [0.05, 0.1) is 0 Å². The molecule has 0 saturated carbocycles. The van der Waals surface area contributed by atoms with Crippen molar-refractivity contribution in [2.75, 3.05) is 13.1 Å². The van der Waals surface area contributed by atoms with Crippen LogP contribution in [0.2, 0.25) is 0 Å². The zero-order chi connectivity index (χ0) is 15.3. The van der Waals surface area contributed by atoms with Gasteiger partial charge in [-0.2, -0.15) is 0 Å². The number of hydrogen-bond donors (Lipinski definition) is 0. The van der Waals surface area contributed by atoms with Crippen LogP contribution in [0.15, 0.2) is 0 Å². The third kappa shape index (κ3) is 5.93. The first kappa shape index (κ1) is 17.0. The Morgan fingerprint density at radius 1 is 1.20 bits per heavy atom. The summed E-state index contributed by atoms with van der Waals surface area (Å²) in [5.41, 5.74) is -0.433. The molecule has 0 spiro atoms. The number of piperidine rings is 1. The van der Waals surface area contributed by atoms with Crippen molar-refractivity contribution in [3.05, 3.63) is 0 Å². The number of amides is 1. The highest BCUT2D eigenvalue weighted by Gasteiger charge is 2.27. The van der Waals surface area contributed by atoms with Gasteiger partial charge in [-0.1, -0.05) is 13.8 Å². The maximum absolute atomic E-state index is 11.9. The molecule has 1 aliphatic rings. The summed E-state index contributed by atoms with van der Waals surface area (Å²) >= 11 is 0. The molecule has 116 valence electrons. The maximum Gasteiger partial charge on any atom is 0.410 e. The van der Waals surface area contributed by atoms with Gasteiger partial charge in [0.15, 0.2) is 0 Å². The predicted octanol–water partition coefficient (Wildman–Crippen LogP) is 3.64. The van der Waals surface area contributed by atoms with Crippen molar-refractivity contribution < 1.29 is 14.3 Å². The molecule has 1 amide bonds. The van der Waals surface area contributed by atoms with E-state index >= 15 is 0 Å². The van der Waals surface area contributed by atoms with Crippen LogP contribution < -0.4 is 0 Å². The Morgan fingerprint density at radius 3 is 2.20 bits per heavy atom. The zero-order valence-corrected chi connectivity index (χ0v) is 13.6. The highest BCUT2D eigenvalue weighted by Crippen LogP contribution is 2.24. The van der Waals surface area contributed by atoms with Crippen molar-refractivity contribution in [3.8, 4) is 0 Å². The van der Waals surface area contributed by atoms with E-state index in [1.807, 2.05) is 34.6 Å². The second-order valence-electron chi connectivity index (χ2n) is 7.07. The van der Waals surface area contributed by atoms with Gasteiger partial charge in [-0.3, -0.25) is 4.79 Å². The van der Waals surface area contributed by atoms with Crippen molar-refractivity contribution in [2.24, 2.45) is 11.8 Å². The van der Waals surface area contributed by atoms with Crippen LogP contribution in [0.1, 0.15) is 60.3 Å². The molecule has 0 unspecified atom stereocenters. The number of carbonyl (C=O) groups excluding carboxylic acids is 2. The molecule has 0 aliphatic carbocycles. The molecular formula is C16H29NO3. The van der Waals surface area contributed by atoms with Gasteiger partial charge in [0.2, 0.25) is 0 Å². The molecule has 0 bridgehead atoms. The minimum atomic E-state index is -0.433. The summed E-state index contributed by atoms with van der Waals surface area (Å²) in [5.74, 6) is 1.05. The lowest BCUT2D eigenvalue weighted by Gasteiger charge is -2.33. The van der Waals surface area contributed by atoms with Crippen molar-refractivity contribution in [1.82, 2.24) is 4.90 Å². The van der Waals surface area contributed by atoms with Crippen molar-refractivity contribution in [1.29, 1.82) is 0 Å². The van der Waals surface area contributed by atoms with E-state index in [0.717, 1.165) is 32.4 Å². The van der Waals surface area contributed by atoms with E-state index in [4.69, 9.17) is 4.74 Å². The molecule has 0 N–H and O–H groups in total. The minimum Gasteiger partial charge on any atom is -0.444 e. The van der Waals surface area contributed by atoms with Gasteiger partial charge in [-0.15, -0.1) is 0 Å². The second kappa shape index (κ2) is 7.09. The Morgan fingerprint density at radius 2 is 1.75 bits per heavy atom. The average molecular weight is 283 g/mol. The molecule has 1 heterocycles. The fourth-order valence-corrected chi connectivity index (χ4v) is 2.37. The van der Waals surface area contributed by atoms with Gasteiger partial charge >= 0.3 is 6.09 Å². The molecule has 4 nitrogen and oxygen atoms in total. The van der Waals surface area contributed by atoms with E-state index in [0.29, 0.717) is 18.1 Å². The molecule has 0 aromatic rings. The lowest BCUT2D eigenvalue weighted by atomic mass is 9.90. The summed E-state index contributed by atoms with van der Waals surface area (Å²) in [6, 6.07) is 0. The van der Waals surface area contributed by atoms with Gasteiger partial charge in [0.25, 0.3) is 0 Å². The molecule has 1 rings (SSSR count). The van der Waals surface area contributed by atoms with E-state index in [2.05, 4.69) is 0 Å². The van der Waals surface area contributed by atoms with Gasteiger partial charge in [-0.25, -0.2) is 4.79 Å². The summed E-state index contributed by atoms with van der Waals surface area (Å²) < 4.78 is 5.37. The quantitative estimate of drug-likeness (QED) is 0.791. The molecule has 0 aromatic carbocycles.